The zero-order valence-electron chi connectivity index (χ0n) is 20.6. The van der Waals surface area contributed by atoms with Gasteiger partial charge in [0.1, 0.15) is 29.6 Å². The van der Waals surface area contributed by atoms with Crippen LogP contribution in [-0.4, -0.2) is 54.0 Å². The van der Waals surface area contributed by atoms with Crippen molar-refractivity contribution in [2.24, 2.45) is 0 Å². The molecule has 1 unspecified atom stereocenters. The van der Waals surface area contributed by atoms with E-state index in [-0.39, 0.29) is 30.7 Å². The van der Waals surface area contributed by atoms with E-state index in [9.17, 15) is 14.4 Å². The van der Waals surface area contributed by atoms with Crippen molar-refractivity contribution in [1.82, 2.24) is 35.0 Å². The van der Waals surface area contributed by atoms with E-state index in [1.54, 1.807) is 24.3 Å². The predicted octanol–water partition coefficient (Wildman–Crippen LogP) is 2.20. The van der Waals surface area contributed by atoms with Gasteiger partial charge in [0.05, 0.1) is 18.6 Å². The molecule has 0 saturated heterocycles. The summed E-state index contributed by atoms with van der Waals surface area (Å²) in [6.45, 7) is 2.00. The first kappa shape index (κ1) is 23.2. The molecule has 39 heavy (non-hydrogen) atoms. The molecule has 13 heteroatoms. The average molecular weight is 540 g/mol. The van der Waals surface area contributed by atoms with Crippen LogP contribution in [0.25, 0.3) is 17.0 Å². The van der Waals surface area contributed by atoms with Gasteiger partial charge < -0.3 is 20.5 Å². The van der Waals surface area contributed by atoms with E-state index >= 15 is 0 Å². The number of H-pyrrole nitrogens is 1. The molecule has 1 aromatic carbocycles. The molecule has 2 aliphatic rings. The van der Waals surface area contributed by atoms with Crippen molar-refractivity contribution < 1.29 is 14.4 Å². The highest BCUT2D eigenvalue weighted by atomic mass is 32.1. The van der Waals surface area contributed by atoms with Crippen LogP contribution in [0.4, 0.5) is 11.5 Å². The fourth-order valence-corrected chi connectivity index (χ4v) is 6.26. The topological polar surface area (TPSA) is 151 Å². The summed E-state index contributed by atoms with van der Waals surface area (Å²) < 4.78 is 1.51. The lowest BCUT2D eigenvalue weighted by molar-refractivity contribution is -0.128. The summed E-state index contributed by atoms with van der Waals surface area (Å²) in [5, 5.41) is 12.5. The van der Waals surface area contributed by atoms with Gasteiger partial charge in [-0.1, -0.05) is 24.3 Å². The highest BCUT2D eigenvalue weighted by molar-refractivity contribution is 7.09. The summed E-state index contributed by atoms with van der Waals surface area (Å²) in [5.41, 5.74) is 2.04. The Morgan fingerprint density at radius 1 is 1.15 bits per heavy atom. The van der Waals surface area contributed by atoms with Crippen LogP contribution in [0.15, 0.2) is 54.4 Å². The van der Waals surface area contributed by atoms with Crippen LogP contribution in [0.5, 0.6) is 0 Å². The van der Waals surface area contributed by atoms with Crippen molar-refractivity contribution >= 4 is 51.7 Å². The van der Waals surface area contributed by atoms with Crippen molar-refractivity contribution in [3.63, 3.8) is 0 Å². The Kier molecular flexibility index (Phi) is 5.10. The molecule has 5 aromatic rings. The Morgan fingerprint density at radius 2 is 2.03 bits per heavy atom. The molecule has 12 nitrogen and oxygen atoms in total. The first-order valence-electron chi connectivity index (χ1n) is 12.2. The summed E-state index contributed by atoms with van der Waals surface area (Å²) in [7, 11) is 0. The molecule has 0 bridgehead atoms. The number of benzene rings is 1. The largest absolute Gasteiger partial charge is 0.350 e. The number of aryl methyl sites for hydroxylation is 1. The number of imidazole rings is 1. The van der Waals surface area contributed by atoms with Crippen LogP contribution < -0.4 is 15.5 Å². The van der Waals surface area contributed by atoms with E-state index in [4.69, 9.17) is 5.10 Å². The molecule has 0 fully saturated rings. The summed E-state index contributed by atoms with van der Waals surface area (Å²) >= 11 is 1.55. The number of nitrogens with zero attached hydrogens (tertiary/aromatic N) is 6. The Bertz CT molecular complexity index is 1790. The molecule has 1 atom stereocenters. The maximum absolute atomic E-state index is 14.4. The van der Waals surface area contributed by atoms with Gasteiger partial charge in [0.15, 0.2) is 11.5 Å². The van der Waals surface area contributed by atoms with E-state index in [0.29, 0.717) is 51.9 Å². The monoisotopic (exact) mass is 539 g/mol. The lowest BCUT2D eigenvalue weighted by Gasteiger charge is -2.33. The summed E-state index contributed by atoms with van der Waals surface area (Å²) in [5.74, 6) is -0.235. The van der Waals surface area contributed by atoms with Gasteiger partial charge in [-0.2, -0.15) is 9.78 Å². The third kappa shape index (κ3) is 3.39. The molecule has 4 aromatic heterocycles. The molecule has 6 heterocycles. The number of aromatic nitrogens is 6. The second-order valence-electron chi connectivity index (χ2n) is 9.41. The normalized spacial score (nSPS) is 17.9. The molecular formula is C26H21N9O3S. The number of anilines is 2. The van der Waals surface area contributed by atoms with Gasteiger partial charge in [-0.05, 0) is 30.0 Å². The van der Waals surface area contributed by atoms with Crippen LogP contribution in [0.3, 0.4) is 0 Å². The standard InChI is InChI=1S/C26H21N9O3S/c1-14-20-23(35(33-14)24-21-22(29-12-28-21)30-13-31-24)32-18(36)9-26(20)16-6-2-3-7-17(16)34(25(26)38)11-19(37)27-10-15-5-4-8-39-15/h2-8,12-13H,9-11H2,1H3,(H,27,37)(H,32,36)(H,28,29,30,31). The van der Waals surface area contributed by atoms with Crippen molar-refractivity contribution in [2.45, 2.75) is 25.3 Å². The minimum Gasteiger partial charge on any atom is -0.350 e. The molecule has 0 saturated carbocycles. The lowest BCUT2D eigenvalue weighted by Crippen LogP contribution is -2.49. The van der Waals surface area contributed by atoms with Crippen LogP contribution in [-0.2, 0) is 26.3 Å². The fraction of sp³-hybridized carbons (Fsp3) is 0.192. The van der Waals surface area contributed by atoms with Gasteiger partial charge in [-0.25, -0.2) is 15.0 Å². The number of hydrogen-bond donors (Lipinski definition) is 3. The van der Waals surface area contributed by atoms with E-state index in [0.717, 1.165) is 4.88 Å². The Balaban J connectivity index is 1.34. The molecular weight excluding hydrogens is 518 g/mol. The lowest BCUT2D eigenvalue weighted by atomic mass is 9.70. The van der Waals surface area contributed by atoms with Gasteiger partial charge in [0.2, 0.25) is 17.7 Å². The maximum Gasteiger partial charge on any atom is 0.243 e. The predicted molar refractivity (Wildman–Crippen MR) is 143 cm³/mol. The second-order valence-corrected chi connectivity index (χ2v) is 10.4. The first-order valence-corrected chi connectivity index (χ1v) is 13.1. The summed E-state index contributed by atoms with van der Waals surface area (Å²) in [6, 6.07) is 11.2. The number of amides is 3. The summed E-state index contributed by atoms with van der Waals surface area (Å²) in [6.07, 6.45) is 2.76. The Morgan fingerprint density at radius 3 is 2.87 bits per heavy atom. The number of fused-ring (bicyclic) bond motifs is 5. The Labute approximate surface area is 225 Å². The quantitative estimate of drug-likeness (QED) is 0.310. The minimum absolute atomic E-state index is 0.112. The number of hydrogen-bond acceptors (Lipinski definition) is 8. The van der Waals surface area contributed by atoms with Crippen molar-refractivity contribution in [3.05, 3.63) is 76.1 Å². The van der Waals surface area contributed by atoms with E-state index in [2.05, 4.69) is 30.6 Å². The van der Waals surface area contributed by atoms with Crippen molar-refractivity contribution in [1.29, 1.82) is 0 Å². The van der Waals surface area contributed by atoms with Gasteiger partial charge in [-0.15, -0.1) is 11.3 Å². The molecule has 194 valence electrons. The molecule has 3 amide bonds. The van der Waals surface area contributed by atoms with Crippen LogP contribution in [0, 0.1) is 6.92 Å². The van der Waals surface area contributed by atoms with Crippen molar-refractivity contribution in [2.75, 3.05) is 16.8 Å². The Hall–Kier alpha value is -4.91. The molecule has 1 spiro atoms. The number of aromatic amines is 1. The van der Waals surface area contributed by atoms with Crippen LogP contribution in [0.1, 0.15) is 28.1 Å². The van der Waals surface area contributed by atoms with Gasteiger partial charge in [0.25, 0.3) is 0 Å². The first-order chi connectivity index (χ1) is 19.0. The fourth-order valence-electron chi connectivity index (χ4n) is 5.62. The second kappa shape index (κ2) is 8.56. The number of para-hydroxylation sites is 1. The van der Waals surface area contributed by atoms with Crippen LogP contribution in [0.2, 0.25) is 0 Å². The molecule has 0 radical (unpaired) electrons. The number of carbonyl (C=O) groups excluding carboxylic acids is 3. The van der Waals surface area contributed by atoms with Gasteiger partial charge >= 0.3 is 0 Å². The van der Waals surface area contributed by atoms with E-state index in [1.165, 1.54) is 22.2 Å². The van der Waals surface area contributed by atoms with Gasteiger partial charge in [0, 0.05) is 22.5 Å². The molecule has 7 rings (SSSR count). The molecule has 2 aliphatic heterocycles. The minimum atomic E-state index is -1.34. The highest BCUT2D eigenvalue weighted by Crippen LogP contribution is 2.53. The number of carbonyl (C=O) groups is 3. The highest BCUT2D eigenvalue weighted by Gasteiger charge is 2.58. The number of nitrogens with one attached hydrogen (secondary N) is 3. The van der Waals surface area contributed by atoms with Gasteiger partial charge in [-0.3, -0.25) is 14.4 Å². The molecule has 0 aliphatic carbocycles. The molecule has 3 N–H and O–H groups in total. The third-order valence-corrected chi connectivity index (χ3v) is 8.06. The average Bonchev–Trinajstić information content (AvgIpc) is 3.72. The van der Waals surface area contributed by atoms with E-state index < -0.39 is 5.41 Å². The zero-order valence-corrected chi connectivity index (χ0v) is 21.5. The maximum atomic E-state index is 14.4. The van der Waals surface area contributed by atoms with E-state index in [1.807, 2.05) is 35.7 Å². The smallest absolute Gasteiger partial charge is 0.243 e. The zero-order chi connectivity index (χ0) is 26.7. The summed E-state index contributed by atoms with van der Waals surface area (Å²) in [4.78, 5) is 58.8. The number of rotatable bonds is 5. The van der Waals surface area contributed by atoms with Crippen LogP contribution >= 0.6 is 11.3 Å². The third-order valence-electron chi connectivity index (χ3n) is 7.18. The number of thiophene rings is 1. The SMILES string of the molecule is Cc1nn(-c2ncnc3nc[nH]c23)c2c1C1(CC(=O)N2)C(=O)N(CC(=O)NCc2cccs2)c2ccccc21. The van der Waals surface area contributed by atoms with Crippen molar-refractivity contribution in [3.8, 4) is 5.82 Å².